The van der Waals surface area contributed by atoms with Crippen molar-refractivity contribution in [3.05, 3.63) is 65.3 Å². The van der Waals surface area contributed by atoms with E-state index in [1.165, 1.54) is 5.56 Å². The second kappa shape index (κ2) is 10.8. The maximum Gasteiger partial charge on any atom is 0.410 e. The maximum atomic E-state index is 12.5. The van der Waals surface area contributed by atoms with E-state index >= 15 is 0 Å². The van der Waals surface area contributed by atoms with E-state index in [0.717, 1.165) is 31.5 Å². The predicted molar refractivity (Wildman–Crippen MR) is 156 cm³/mol. The van der Waals surface area contributed by atoms with Crippen molar-refractivity contribution in [1.82, 2.24) is 24.9 Å². The summed E-state index contributed by atoms with van der Waals surface area (Å²) in [6.07, 6.45) is 4.61. The third-order valence-corrected chi connectivity index (χ3v) is 8.46. The molecule has 1 unspecified atom stereocenters. The van der Waals surface area contributed by atoms with E-state index in [1.807, 2.05) is 39.0 Å². The van der Waals surface area contributed by atoms with Crippen LogP contribution in [0.25, 0.3) is 11.4 Å². The molecular weight excluding hydrogens is 518 g/mol. The standard InChI is InChI=1S/C32H43N5O4/c1-21(2)22-8-10-25(11-9-22)32(39,31(6)19-36(7)20-31)26-16-24(17-33-18-26)27-34-28(41-35-27)23-12-14-37(15-13-23)29(38)40-30(3,4)5/h8-11,16-18,21,23,39H,12-15,19-20H2,1-7H3. The lowest BCUT2D eigenvalue weighted by atomic mass is 9.62. The Morgan fingerprint density at radius 3 is 2.34 bits per heavy atom. The van der Waals surface area contributed by atoms with Gasteiger partial charge in [-0.3, -0.25) is 4.98 Å². The molecule has 0 spiro atoms. The average Bonchev–Trinajstić information content (AvgIpc) is 3.41. The first kappa shape index (κ1) is 29.2. The van der Waals surface area contributed by atoms with E-state index in [1.54, 1.807) is 17.3 Å². The number of nitrogens with zero attached hydrogens (tertiary/aromatic N) is 5. The zero-order valence-corrected chi connectivity index (χ0v) is 25.3. The first-order valence-electron chi connectivity index (χ1n) is 14.6. The van der Waals surface area contributed by atoms with Crippen LogP contribution in [0.3, 0.4) is 0 Å². The van der Waals surface area contributed by atoms with Crippen molar-refractivity contribution >= 4 is 6.09 Å². The molecule has 41 heavy (non-hydrogen) atoms. The van der Waals surface area contributed by atoms with E-state index in [0.29, 0.717) is 41.8 Å². The van der Waals surface area contributed by atoms with Crippen molar-refractivity contribution in [1.29, 1.82) is 0 Å². The average molecular weight is 562 g/mol. The number of likely N-dealkylation sites (tertiary alicyclic amines) is 2. The van der Waals surface area contributed by atoms with Gasteiger partial charge in [-0.2, -0.15) is 4.98 Å². The minimum absolute atomic E-state index is 0.0620. The topological polar surface area (TPSA) is 105 Å². The summed E-state index contributed by atoms with van der Waals surface area (Å²) in [4.78, 5) is 25.6. The van der Waals surface area contributed by atoms with Gasteiger partial charge in [0, 0.05) is 61.0 Å². The molecule has 1 atom stereocenters. The number of aliphatic hydroxyl groups is 1. The van der Waals surface area contributed by atoms with Crippen LogP contribution in [-0.4, -0.2) is 75.0 Å². The second-order valence-electron chi connectivity index (χ2n) is 13.4. The van der Waals surface area contributed by atoms with E-state index in [9.17, 15) is 9.90 Å². The molecule has 9 heteroatoms. The Bertz CT molecular complexity index is 1370. The number of pyridine rings is 1. The summed E-state index contributed by atoms with van der Waals surface area (Å²) in [5.41, 5.74) is 1.31. The van der Waals surface area contributed by atoms with Crippen LogP contribution in [0, 0.1) is 5.41 Å². The number of hydrogen-bond donors (Lipinski definition) is 1. The molecule has 3 aromatic rings. The summed E-state index contributed by atoms with van der Waals surface area (Å²) in [6, 6.07) is 10.2. The number of amides is 1. The highest BCUT2D eigenvalue weighted by Gasteiger charge is 2.55. The van der Waals surface area contributed by atoms with E-state index in [4.69, 9.17) is 14.2 Å². The van der Waals surface area contributed by atoms with Crippen LogP contribution in [0.1, 0.15) is 88.8 Å². The lowest BCUT2D eigenvalue weighted by Gasteiger charge is -2.55. The summed E-state index contributed by atoms with van der Waals surface area (Å²) in [5.74, 6) is 1.47. The number of piperidine rings is 1. The third kappa shape index (κ3) is 5.75. The molecule has 2 fully saturated rings. The van der Waals surface area contributed by atoms with E-state index in [2.05, 4.69) is 55.0 Å². The third-order valence-electron chi connectivity index (χ3n) is 8.46. The van der Waals surface area contributed by atoms with Gasteiger partial charge in [-0.05, 0) is 63.8 Å². The minimum Gasteiger partial charge on any atom is -0.444 e. The van der Waals surface area contributed by atoms with Crippen molar-refractivity contribution in [2.75, 3.05) is 33.2 Å². The molecule has 0 bridgehead atoms. The zero-order chi connectivity index (χ0) is 29.6. The number of carbonyl (C=O) groups is 1. The number of carbonyl (C=O) groups excluding carboxylic acids is 1. The molecule has 2 aromatic heterocycles. The minimum atomic E-state index is -1.25. The van der Waals surface area contributed by atoms with Crippen molar-refractivity contribution in [3.8, 4) is 11.4 Å². The molecule has 2 aliphatic rings. The Kier molecular flexibility index (Phi) is 7.72. The summed E-state index contributed by atoms with van der Waals surface area (Å²) < 4.78 is 11.2. The first-order valence-corrected chi connectivity index (χ1v) is 14.6. The molecule has 0 aliphatic carbocycles. The number of aromatic nitrogens is 3. The predicted octanol–water partition coefficient (Wildman–Crippen LogP) is 5.56. The van der Waals surface area contributed by atoms with Crippen molar-refractivity contribution in [2.45, 2.75) is 77.4 Å². The largest absolute Gasteiger partial charge is 0.444 e. The van der Waals surface area contributed by atoms with Crippen LogP contribution in [0.4, 0.5) is 4.79 Å². The van der Waals surface area contributed by atoms with Gasteiger partial charge < -0.3 is 24.2 Å². The molecule has 5 rings (SSSR count). The summed E-state index contributed by atoms with van der Waals surface area (Å²) in [5, 5.41) is 16.8. The molecule has 1 amide bonds. The molecule has 4 heterocycles. The van der Waals surface area contributed by atoms with Gasteiger partial charge in [0.2, 0.25) is 11.7 Å². The molecule has 0 saturated carbocycles. The van der Waals surface area contributed by atoms with Crippen LogP contribution in [0.15, 0.2) is 47.2 Å². The highest BCUT2D eigenvalue weighted by Crippen LogP contribution is 2.50. The highest BCUT2D eigenvalue weighted by molar-refractivity contribution is 5.68. The Morgan fingerprint density at radius 2 is 1.76 bits per heavy atom. The number of hydrogen-bond acceptors (Lipinski definition) is 8. The number of benzene rings is 1. The van der Waals surface area contributed by atoms with Crippen molar-refractivity contribution < 1.29 is 19.2 Å². The Labute approximate surface area is 242 Å². The molecule has 2 aliphatic heterocycles. The lowest BCUT2D eigenvalue weighted by molar-refractivity contribution is -0.127. The first-order chi connectivity index (χ1) is 19.3. The van der Waals surface area contributed by atoms with Crippen molar-refractivity contribution in [2.24, 2.45) is 5.41 Å². The summed E-state index contributed by atoms with van der Waals surface area (Å²) in [7, 11) is 2.07. The molecule has 9 nitrogen and oxygen atoms in total. The van der Waals surface area contributed by atoms with Gasteiger partial charge in [0.1, 0.15) is 11.2 Å². The van der Waals surface area contributed by atoms with Gasteiger partial charge in [-0.25, -0.2) is 4.79 Å². The molecule has 220 valence electrons. The van der Waals surface area contributed by atoms with Gasteiger partial charge in [0.25, 0.3) is 0 Å². The van der Waals surface area contributed by atoms with Gasteiger partial charge in [-0.15, -0.1) is 0 Å². The Morgan fingerprint density at radius 1 is 1.10 bits per heavy atom. The fourth-order valence-electron chi connectivity index (χ4n) is 6.26. The van der Waals surface area contributed by atoms with E-state index < -0.39 is 16.6 Å². The van der Waals surface area contributed by atoms with Gasteiger partial charge in [0.05, 0.1) is 0 Å². The van der Waals surface area contributed by atoms with Crippen LogP contribution >= 0.6 is 0 Å². The van der Waals surface area contributed by atoms with E-state index in [-0.39, 0.29) is 12.0 Å². The SMILES string of the molecule is CC(C)c1ccc(C(O)(c2cncc(-c3noc(C4CCN(C(=O)OC(C)(C)C)CC4)n3)c2)C2(C)CN(C)C2)cc1. The van der Waals surface area contributed by atoms with Gasteiger partial charge in [-0.1, -0.05) is 50.2 Å². The number of rotatable bonds is 6. The van der Waals surface area contributed by atoms with Crippen LogP contribution in [0.5, 0.6) is 0 Å². The summed E-state index contributed by atoms with van der Waals surface area (Å²) >= 11 is 0. The monoisotopic (exact) mass is 561 g/mol. The molecule has 0 radical (unpaired) electrons. The number of ether oxygens (including phenoxy) is 1. The van der Waals surface area contributed by atoms with Crippen LogP contribution < -0.4 is 0 Å². The van der Waals surface area contributed by atoms with Gasteiger partial charge in [0.15, 0.2) is 0 Å². The van der Waals surface area contributed by atoms with Crippen LogP contribution in [0.2, 0.25) is 0 Å². The molecule has 1 N–H and O–H groups in total. The normalized spacial score (nSPS) is 19.6. The maximum absolute atomic E-state index is 12.5. The highest BCUT2D eigenvalue weighted by atomic mass is 16.6. The van der Waals surface area contributed by atoms with Crippen LogP contribution in [-0.2, 0) is 10.3 Å². The zero-order valence-electron chi connectivity index (χ0n) is 25.3. The van der Waals surface area contributed by atoms with Crippen molar-refractivity contribution in [3.63, 3.8) is 0 Å². The van der Waals surface area contributed by atoms with Gasteiger partial charge >= 0.3 is 6.09 Å². The second-order valence-corrected chi connectivity index (χ2v) is 13.4. The smallest absolute Gasteiger partial charge is 0.410 e. The lowest BCUT2D eigenvalue weighted by Crippen LogP contribution is -2.63. The quantitative estimate of drug-likeness (QED) is 0.417. The summed E-state index contributed by atoms with van der Waals surface area (Å²) in [6.45, 7) is 14.7. The molecular formula is C32H43N5O4. The Hall–Kier alpha value is -3.30. The Balaban J connectivity index is 1.38. The fourth-order valence-corrected chi connectivity index (χ4v) is 6.26. The molecule has 2 saturated heterocycles. The molecule has 1 aromatic carbocycles. The fraction of sp³-hybridized carbons (Fsp3) is 0.562.